The Morgan fingerprint density at radius 1 is 1.14 bits per heavy atom. The Hall–Kier alpha value is -3.46. The van der Waals surface area contributed by atoms with Gasteiger partial charge in [0.05, 0.1) is 17.0 Å². The van der Waals surface area contributed by atoms with E-state index < -0.39 is 0 Å². The summed E-state index contributed by atoms with van der Waals surface area (Å²) in [4.78, 5) is 21.3. The summed E-state index contributed by atoms with van der Waals surface area (Å²) in [5.41, 5.74) is 1.11. The highest BCUT2D eigenvalue weighted by atomic mass is 32.1. The summed E-state index contributed by atoms with van der Waals surface area (Å²) >= 11 is 1.50. The second-order valence-corrected chi connectivity index (χ2v) is 7.19. The topological polar surface area (TPSA) is 121 Å². The molecule has 0 atom stereocenters. The molecule has 0 aliphatic heterocycles. The number of nitrogens with zero attached hydrogens (tertiary/aromatic N) is 2. The maximum atomic E-state index is 12.2. The molecule has 1 aromatic carbocycles. The molecule has 0 radical (unpaired) electrons. The lowest BCUT2D eigenvalue weighted by Gasteiger charge is -2.14. The van der Waals surface area contributed by atoms with Crippen LogP contribution < -0.4 is 5.32 Å². The minimum atomic E-state index is -0.367. The largest absolute Gasteiger partial charge is 0.505 e. The number of hydrogen-bond donors (Lipinski definition) is 5. The Labute approximate surface area is 165 Å². The standard InChI is InChI=1S/C19H20N4O4S/c1-10(13-8-5-9-28-13)20-14-15(18(26)22-17(14)25)21-12-7-4-6-11(16(12)24)19(27)23(2)3/h4-9,21-22,24-26H,1-3H3. The molecule has 0 saturated heterocycles. The molecule has 0 aliphatic carbocycles. The molecule has 0 bridgehead atoms. The molecule has 1 amide bonds. The Kier molecular flexibility index (Phi) is 5.27. The molecule has 0 aliphatic rings. The second kappa shape index (κ2) is 7.65. The number of aromatic hydroxyl groups is 3. The number of aromatic nitrogens is 1. The number of phenolic OH excluding ortho intramolecular Hbond substituents is 1. The van der Waals surface area contributed by atoms with Crippen molar-refractivity contribution in [2.24, 2.45) is 4.99 Å². The summed E-state index contributed by atoms with van der Waals surface area (Å²) in [7, 11) is 3.16. The molecule has 3 rings (SSSR count). The van der Waals surface area contributed by atoms with E-state index in [1.807, 2.05) is 17.5 Å². The molecule has 2 aromatic heterocycles. The van der Waals surface area contributed by atoms with Crippen LogP contribution in [0.4, 0.5) is 17.1 Å². The van der Waals surface area contributed by atoms with E-state index in [0.29, 0.717) is 5.71 Å². The van der Waals surface area contributed by atoms with E-state index in [1.165, 1.54) is 22.3 Å². The number of hydrogen-bond acceptors (Lipinski definition) is 7. The lowest BCUT2D eigenvalue weighted by atomic mass is 10.1. The van der Waals surface area contributed by atoms with Crippen LogP contribution in [0.5, 0.6) is 17.5 Å². The van der Waals surface area contributed by atoms with Gasteiger partial charge < -0.3 is 25.5 Å². The smallest absolute Gasteiger partial charge is 0.257 e. The average molecular weight is 400 g/mol. The highest BCUT2D eigenvalue weighted by molar-refractivity contribution is 7.12. The van der Waals surface area contributed by atoms with Crippen molar-refractivity contribution < 1.29 is 20.1 Å². The van der Waals surface area contributed by atoms with Gasteiger partial charge in [-0.2, -0.15) is 0 Å². The summed E-state index contributed by atoms with van der Waals surface area (Å²) in [5.74, 6) is -1.31. The van der Waals surface area contributed by atoms with Crippen molar-refractivity contribution >= 4 is 40.0 Å². The highest BCUT2D eigenvalue weighted by Gasteiger charge is 2.21. The van der Waals surface area contributed by atoms with Gasteiger partial charge in [0.15, 0.2) is 11.4 Å². The molecule has 5 N–H and O–H groups in total. The van der Waals surface area contributed by atoms with Crippen LogP contribution in [-0.2, 0) is 0 Å². The third-order valence-corrected chi connectivity index (χ3v) is 5.00. The molecule has 0 saturated carbocycles. The van der Waals surface area contributed by atoms with Gasteiger partial charge >= 0.3 is 0 Å². The molecule has 28 heavy (non-hydrogen) atoms. The van der Waals surface area contributed by atoms with E-state index in [-0.39, 0.29) is 46.0 Å². The van der Waals surface area contributed by atoms with E-state index in [9.17, 15) is 20.1 Å². The Morgan fingerprint density at radius 3 is 2.54 bits per heavy atom. The number of amides is 1. The Bertz CT molecular complexity index is 1040. The zero-order chi connectivity index (χ0) is 20.4. The van der Waals surface area contributed by atoms with Crippen molar-refractivity contribution in [1.29, 1.82) is 0 Å². The normalized spacial score (nSPS) is 11.5. The summed E-state index contributed by atoms with van der Waals surface area (Å²) < 4.78 is 0. The van der Waals surface area contributed by atoms with Gasteiger partial charge in [-0.1, -0.05) is 12.1 Å². The SMILES string of the molecule is CC(=Nc1c(O)[nH]c(O)c1Nc1cccc(C(=O)N(C)C)c1O)c1cccs1. The summed E-state index contributed by atoms with van der Waals surface area (Å²) in [6.45, 7) is 1.78. The number of H-pyrrole nitrogens is 1. The minimum absolute atomic E-state index is 0.0816. The number of anilines is 2. The number of aromatic amines is 1. The molecule has 9 heteroatoms. The third kappa shape index (κ3) is 3.65. The van der Waals surface area contributed by atoms with Crippen LogP contribution in [0.1, 0.15) is 22.2 Å². The minimum Gasteiger partial charge on any atom is -0.505 e. The number of nitrogens with one attached hydrogen (secondary N) is 2. The molecule has 146 valence electrons. The first-order valence-electron chi connectivity index (χ1n) is 8.33. The van der Waals surface area contributed by atoms with Crippen LogP contribution in [0.3, 0.4) is 0 Å². The number of benzene rings is 1. The fourth-order valence-corrected chi connectivity index (χ4v) is 3.27. The van der Waals surface area contributed by atoms with Crippen LogP contribution >= 0.6 is 11.3 Å². The predicted octanol–water partition coefficient (Wildman–Crippen LogP) is 3.78. The van der Waals surface area contributed by atoms with Gasteiger partial charge in [0, 0.05) is 19.0 Å². The summed E-state index contributed by atoms with van der Waals surface area (Å²) in [6.07, 6.45) is 0. The van der Waals surface area contributed by atoms with E-state index in [0.717, 1.165) is 4.88 Å². The number of phenols is 1. The number of carbonyl (C=O) groups is 1. The average Bonchev–Trinajstić information content (AvgIpc) is 3.27. The second-order valence-electron chi connectivity index (χ2n) is 6.25. The van der Waals surface area contributed by atoms with Crippen LogP contribution in [0.2, 0.25) is 0 Å². The van der Waals surface area contributed by atoms with E-state index in [1.54, 1.807) is 33.2 Å². The lowest BCUT2D eigenvalue weighted by Crippen LogP contribution is -2.21. The molecular formula is C19H20N4O4S. The predicted molar refractivity (Wildman–Crippen MR) is 110 cm³/mol. The third-order valence-electron chi connectivity index (χ3n) is 4.02. The molecule has 2 heterocycles. The van der Waals surface area contributed by atoms with Crippen LogP contribution in [0, 0.1) is 0 Å². The van der Waals surface area contributed by atoms with Gasteiger partial charge in [0.1, 0.15) is 5.69 Å². The monoisotopic (exact) mass is 400 g/mol. The van der Waals surface area contributed by atoms with Crippen molar-refractivity contribution in [3.8, 4) is 17.5 Å². The maximum Gasteiger partial charge on any atom is 0.257 e. The summed E-state index contributed by atoms with van der Waals surface area (Å²) in [6, 6.07) is 8.42. The number of rotatable bonds is 5. The molecule has 0 spiro atoms. The van der Waals surface area contributed by atoms with E-state index >= 15 is 0 Å². The van der Waals surface area contributed by atoms with Crippen molar-refractivity contribution in [2.45, 2.75) is 6.92 Å². The van der Waals surface area contributed by atoms with Gasteiger partial charge in [0.25, 0.3) is 5.91 Å². The van der Waals surface area contributed by atoms with Crippen molar-refractivity contribution in [3.63, 3.8) is 0 Å². The number of para-hydroxylation sites is 1. The highest BCUT2D eigenvalue weighted by Crippen LogP contribution is 2.45. The van der Waals surface area contributed by atoms with Crippen molar-refractivity contribution in [2.75, 3.05) is 19.4 Å². The van der Waals surface area contributed by atoms with Crippen LogP contribution in [-0.4, -0.2) is 50.9 Å². The number of aliphatic imine (C=N–C) groups is 1. The fraction of sp³-hybridized carbons (Fsp3) is 0.158. The van der Waals surface area contributed by atoms with Crippen molar-refractivity contribution in [3.05, 3.63) is 46.2 Å². The van der Waals surface area contributed by atoms with E-state index in [4.69, 9.17) is 0 Å². The Balaban J connectivity index is 2.02. The van der Waals surface area contributed by atoms with Gasteiger partial charge in [-0.3, -0.25) is 9.78 Å². The van der Waals surface area contributed by atoms with Crippen LogP contribution in [0.25, 0.3) is 0 Å². The zero-order valence-electron chi connectivity index (χ0n) is 15.5. The van der Waals surface area contributed by atoms with E-state index in [2.05, 4.69) is 15.3 Å². The number of thiophene rings is 1. The molecule has 3 aromatic rings. The molecule has 0 unspecified atom stereocenters. The Morgan fingerprint density at radius 2 is 1.89 bits per heavy atom. The lowest BCUT2D eigenvalue weighted by molar-refractivity contribution is 0.0824. The van der Waals surface area contributed by atoms with Crippen molar-refractivity contribution in [1.82, 2.24) is 9.88 Å². The van der Waals surface area contributed by atoms with Gasteiger partial charge in [0.2, 0.25) is 11.8 Å². The molecule has 0 fully saturated rings. The first kappa shape index (κ1) is 19.3. The zero-order valence-corrected chi connectivity index (χ0v) is 16.3. The fourth-order valence-electron chi connectivity index (χ4n) is 2.59. The molecular weight excluding hydrogens is 380 g/mol. The number of carbonyl (C=O) groups excluding carboxylic acids is 1. The molecule has 8 nitrogen and oxygen atoms in total. The van der Waals surface area contributed by atoms with Gasteiger partial charge in [-0.25, -0.2) is 4.99 Å². The first-order valence-corrected chi connectivity index (χ1v) is 9.21. The quantitative estimate of drug-likeness (QED) is 0.330. The first-order chi connectivity index (χ1) is 13.3. The summed E-state index contributed by atoms with van der Waals surface area (Å²) in [5, 5.41) is 35.6. The van der Waals surface area contributed by atoms with Gasteiger partial charge in [-0.05, 0) is 30.5 Å². The van der Waals surface area contributed by atoms with Crippen LogP contribution in [0.15, 0.2) is 40.7 Å². The van der Waals surface area contributed by atoms with Gasteiger partial charge in [-0.15, -0.1) is 11.3 Å². The maximum absolute atomic E-state index is 12.2.